The Hall–Kier alpha value is -1.31. The van der Waals surface area contributed by atoms with Crippen LogP contribution in [0.15, 0.2) is 24.3 Å². The van der Waals surface area contributed by atoms with E-state index in [0.29, 0.717) is 0 Å². The van der Waals surface area contributed by atoms with Gasteiger partial charge in [0.15, 0.2) is 0 Å². The van der Waals surface area contributed by atoms with Crippen LogP contribution in [0, 0.1) is 5.92 Å². The van der Waals surface area contributed by atoms with E-state index in [9.17, 15) is 23.1 Å². The highest BCUT2D eigenvalue weighted by Crippen LogP contribution is 2.30. The van der Waals surface area contributed by atoms with Crippen molar-refractivity contribution in [1.82, 2.24) is 10.6 Å². The van der Waals surface area contributed by atoms with Gasteiger partial charge in [0.2, 0.25) is 5.91 Å². The second-order valence-electron chi connectivity index (χ2n) is 5.41. The van der Waals surface area contributed by atoms with Crippen LogP contribution in [0.1, 0.15) is 30.1 Å². The van der Waals surface area contributed by atoms with Crippen molar-refractivity contribution >= 4 is 18.3 Å². The molecule has 1 aromatic carbocycles. The summed E-state index contributed by atoms with van der Waals surface area (Å²) in [5.74, 6) is -0.262. The van der Waals surface area contributed by atoms with Crippen molar-refractivity contribution in [1.29, 1.82) is 0 Å². The van der Waals surface area contributed by atoms with Crippen molar-refractivity contribution in [3.05, 3.63) is 35.4 Å². The maximum Gasteiger partial charge on any atom is 0.416 e. The number of hydrogen-bond donors (Lipinski definition) is 3. The molecule has 1 aromatic rings. The van der Waals surface area contributed by atoms with Gasteiger partial charge in [0.1, 0.15) is 0 Å². The van der Waals surface area contributed by atoms with Gasteiger partial charge in [-0.15, -0.1) is 12.4 Å². The SMILES string of the molecule is Cl.O=C(NCC(O)c1cccc(C(F)(F)F)c1)C1CCNCC1. The lowest BCUT2D eigenvalue weighted by Gasteiger charge is -2.22. The second kappa shape index (κ2) is 8.52. The highest BCUT2D eigenvalue weighted by molar-refractivity contribution is 5.85. The molecular weight excluding hydrogens is 333 g/mol. The fourth-order valence-corrected chi connectivity index (χ4v) is 2.47. The smallest absolute Gasteiger partial charge is 0.387 e. The number of piperidine rings is 1. The number of aliphatic hydroxyl groups is 1. The minimum absolute atomic E-state index is 0. The predicted octanol–water partition coefficient (Wildman–Crippen LogP) is 2.28. The molecule has 1 aliphatic rings. The van der Waals surface area contributed by atoms with Gasteiger partial charge >= 0.3 is 6.18 Å². The van der Waals surface area contributed by atoms with Gasteiger partial charge < -0.3 is 15.7 Å². The first-order chi connectivity index (χ1) is 10.4. The zero-order chi connectivity index (χ0) is 16.2. The number of hydrogen-bond acceptors (Lipinski definition) is 3. The van der Waals surface area contributed by atoms with Crippen molar-refractivity contribution in [3.8, 4) is 0 Å². The summed E-state index contributed by atoms with van der Waals surface area (Å²) in [6.45, 7) is 1.45. The van der Waals surface area contributed by atoms with Crippen LogP contribution in [0.2, 0.25) is 0 Å². The van der Waals surface area contributed by atoms with E-state index < -0.39 is 17.8 Å². The molecule has 0 spiro atoms. The first-order valence-electron chi connectivity index (χ1n) is 7.21. The number of carbonyl (C=O) groups is 1. The summed E-state index contributed by atoms with van der Waals surface area (Å²) in [7, 11) is 0. The number of amides is 1. The van der Waals surface area contributed by atoms with Crippen LogP contribution in [-0.2, 0) is 11.0 Å². The van der Waals surface area contributed by atoms with E-state index in [1.54, 1.807) is 0 Å². The Kier molecular flexibility index (Phi) is 7.31. The largest absolute Gasteiger partial charge is 0.416 e. The Bertz CT molecular complexity index is 520. The number of halogens is 4. The number of rotatable bonds is 4. The Morgan fingerprint density at radius 2 is 2.00 bits per heavy atom. The van der Waals surface area contributed by atoms with Gasteiger partial charge in [0, 0.05) is 12.5 Å². The van der Waals surface area contributed by atoms with Gasteiger partial charge in [-0.3, -0.25) is 4.79 Å². The Morgan fingerprint density at radius 3 is 2.61 bits per heavy atom. The summed E-state index contributed by atoms with van der Waals surface area (Å²) < 4.78 is 37.9. The first-order valence-corrected chi connectivity index (χ1v) is 7.21. The van der Waals surface area contributed by atoms with E-state index in [1.807, 2.05) is 0 Å². The minimum atomic E-state index is -4.45. The van der Waals surface area contributed by atoms with Gasteiger partial charge in [-0.1, -0.05) is 12.1 Å². The number of nitrogens with one attached hydrogen (secondary N) is 2. The monoisotopic (exact) mass is 352 g/mol. The molecule has 0 bridgehead atoms. The van der Waals surface area contributed by atoms with Crippen LogP contribution < -0.4 is 10.6 Å². The molecule has 3 N–H and O–H groups in total. The Balaban J connectivity index is 0.00000264. The van der Waals surface area contributed by atoms with Crippen LogP contribution in [0.25, 0.3) is 0 Å². The molecule has 1 atom stereocenters. The van der Waals surface area contributed by atoms with Gasteiger partial charge in [0.25, 0.3) is 0 Å². The third-order valence-corrected chi connectivity index (χ3v) is 3.78. The molecular formula is C15H20ClF3N2O2. The molecule has 1 saturated heterocycles. The van der Waals surface area contributed by atoms with Crippen LogP contribution in [0.4, 0.5) is 13.2 Å². The van der Waals surface area contributed by atoms with E-state index in [-0.39, 0.29) is 36.3 Å². The number of carbonyl (C=O) groups excluding carboxylic acids is 1. The molecule has 0 aliphatic carbocycles. The highest BCUT2D eigenvalue weighted by Gasteiger charge is 2.31. The van der Waals surface area contributed by atoms with Crippen molar-refractivity contribution < 1.29 is 23.1 Å². The lowest BCUT2D eigenvalue weighted by Crippen LogP contribution is -2.39. The molecule has 0 saturated carbocycles. The molecule has 23 heavy (non-hydrogen) atoms. The molecule has 0 aromatic heterocycles. The topological polar surface area (TPSA) is 61.4 Å². The fourth-order valence-electron chi connectivity index (χ4n) is 2.47. The van der Waals surface area contributed by atoms with E-state index in [4.69, 9.17) is 0 Å². The van der Waals surface area contributed by atoms with Crippen LogP contribution >= 0.6 is 12.4 Å². The van der Waals surface area contributed by atoms with Gasteiger partial charge in [-0.2, -0.15) is 13.2 Å². The normalized spacial score (nSPS) is 17.2. The maximum atomic E-state index is 12.6. The molecule has 130 valence electrons. The summed E-state index contributed by atoms with van der Waals surface area (Å²) in [6, 6.07) is 4.51. The fraction of sp³-hybridized carbons (Fsp3) is 0.533. The lowest BCUT2D eigenvalue weighted by molar-refractivity contribution is -0.137. The molecule has 1 amide bonds. The van der Waals surface area contributed by atoms with Crippen LogP contribution in [0.5, 0.6) is 0 Å². The number of benzene rings is 1. The molecule has 1 fully saturated rings. The number of alkyl halides is 3. The van der Waals surface area contributed by atoms with Crippen molar-refractivity contribution in [3.63, 3.8) is 0 Å². The zero-order valence-corrected chi connectivity index (χ0v) is 13.2. The van der Waals surface area contributed by atoms with Gasteiger partial charge in [0.05, 0.1) is 11.7 Å². The molecule has 1 aliphatic heterocycles. The lowest BCUT2D eigenvalue weighted by atomic mass is 9.97. The standard InChI is InChI=1S/C15H19F3N2O2.ClH/c16-15(17,18)12-3-1-2-11(8-12)13(21)9-20-14(22)10-4-6-19-7-5-10;/h1-3,8,10,13,19,21H,4-7,9H2,(H,20,22);1H. The average molecular weight is 353 g/mol. The van der Waals surface area contributed by atoms with Crippen molar-refractivity contribution in [2.24, 2.45) is 5.92 Å². The molecule has 4 nitrogen and oxygen atoms in total. The van der Waals surface area contributed by atoms with E-state index in [1.165, 1.54) is 12.1 Å². The summed E-state index contributed by atoms with van der Waals surface area (Å²) in [5, 5.41) is 15.7. The molecule has 1 heterocycles. The first kappa shape index (κ1) is 19.7. The molecule has 1 unspecified atom stereocenters. The van der Waals surface area contributed by atoms with Gasteiger partial charge in [-0.05, 0) is 43.6 Å². The Morgan fingerprint density at radius 1 is 1.35 bits per heavy atom. The van der Waals surface area contributed by atoms with E-state index >= 15 is 0 Å². The number of aliphatic hydroxyl groups excluding tert-OH is 1. The van der Waals surface area contributed by atoms with Crippen LogP contribution in [-0.4, -0.2) is 30.6 Å². The average Bonchev–Trinajstić information content (AvgIpc) is 2.52. The minimum Gasteiger partial charge on any atom is -0.387 e. The molecule has 0 radical (unpaired) electrons. The quantitative estimate of drug-likeness (QED) is 0.779. The zero-order valence-electron chi connectivity index (χ0n) is 12.4. The van der Waals surface area contributed by atoms with Crippen LogP contribution in [0.3, 0.4) is 0 Å². The summed E-state index contributed by atoms with van der Waals surface area (Å²) >= 11 is 0. The summed E-state index contributed by atoms with van der Waals surface area (Å²) in [6.07, 6.45) is -4.15. The molecule has 2 rings (SSSR count). The summed E-state index contributed by atoms with van der Waals surface area (Å²) in [4.78, 5) is 11.9. The second-order valence-corrected chi connectivity index (χ2v) is 5.41. The van der Waals surface area contributed by atoms with E-state index in [0.717, 1.165) is 38.1 Å². The van der Waals surface area contributed by atoms with Gasteiger partial charge in [-0.25, -0.2) is 0 Å². The molecule has 8 heteroatoms. The van der Waals surface area contributed by atoms with Crippen molar-refractivity contribution in [2.75, 3.05) is 19.6 Å². The predicted molar refractivity (Wildman–Crippen MR) is 82.3 cm³/mol. The maximum absolute atomic E-state index is 12.6. The van der Waals surface area contributed by atoms with Crippen molar-refractivity contribution in [2.45, 2.75) is 25.1 Å². The summed E-state index contributed by atoms with van der Waals surface area (Å²) in [5.41, 5.74) is -0.672. The third-order valence-electron chi connectivity index (χ3n) is 3.78. The van der Waals surface area contributed by atoms with E-state index in [2.05, 4.69) is 10.6 Å². The Labute approximate surface area is 138 Å². The highest BCUT2D eigenvalue weighted by atomic mass is 35.5. The third kappa shape index (κ3) is 5.67.